The Balaban J connectivity index is 1.57. The zero-order valence-corrected chi connectivity index (χ0v) is 17.3. The van der Waals surface area contributed by atoms with Crippen molar-refractivity contribution in [1.29, 1.82) is 0 Å². The molecule has 2 heterocycles. The van der Waals surface area contributed by atoms with Gasteiger partial charge in [-0.25, -0.2) is 13.4 Å². The first-order valence-electron chi connectivity index (χ1n) is 8.57. The van der Waals surface area contributed by atoms with Crippen LogP contribution in [-0.4, -0.2) is 49.2 Å². The predicted octanol–water partition coefficient (Wildman–Crippen LogP) is 2.32. The smallest absolute Gasteiger partial charge is 0.257 e. The summed E-state index contributed by atoms with van der Waals surface area (Å²) in [5, 5.41) is 6.22. The van der Waals surface area contributed by atoms with E-state index >= 15 is 0 Å². The van der Waals surface area contributed by atoms with Crippen LogP contribution in [0.25, 0.3) is 10.2 Å². The summed E-state index contributed by atoms with van der Waals surface area (Å²) in [6.07, 6.45) is 0. The predicted molar refractivity (Wildman–Crippen MR) is 111 cm³/mol. The number of halogens is 1. The molecule has 0 spiro atoms. The number of thiazole rings is 1. The van der Waals surface area contributed by atoms with Gasteiger partial charge in [0, 0.05) is 23.7 Å². The molecule has 0 bridgehead atoms. The third-order valence-electron chi connectivity index (χ3n) is 4.31. The normalized spacial score (nSPS) is 15.3. The highest BCUT2D eigenvalue weighted by molar-refractivity contribution is 7.89. The summed E-state index contributed by atoms with van der Waals surface area (Å²) in [5.74, 6) is -0.840. The minimum Gasteiger partial charge on any atom is -0.354 e. The largest absolute Gasteiger partial charge is 0.354 e. The van der Waals surface area contributed by atoms with Gasteiger partial charge in [0.15, 0.2) is 5.13 Å². The summed E-state index contributed by atoms with van der Waals surface area (Å²) >= 11 is 7.24. The third kappa shape index (κ3) is 4.10. The van der Waals surface area contributed by atoms with Crippen LogP contribution in [0.4, 0.5) is 5.13 Å². The van der Waals surface area contributed by atoms with Gasteiger partial charge in [0.1, 0.15) is 0 Å². The third-order valence-corrected chi connectivity index (χ3v) is 7.32. The topological polar surface area (TPSA) is 108 Å². The number of rotatable bonds is 4. The quantitative estimate of drug-likeness (QED) is 0.634. The maximum Gasteiger partial charge on any atom is 0.257 e. The first kappa shape index (κ1) is 19.8. The van der Waals surface area contributed by atoms with Crippen LogP contribution in [0.15, 0.2) is 47.4 Å². The van der Waals surface area contributed by atoms with Crippen LogP contribution in [0.1, 0.15) is 10.4 Å². The minimum atomic E-state index is -3.88. The van der Waals surface area contributed by atoms with E-state index in [2.05, 4.69) is 15.6 Å². The molecule has 0 aliphatic carbocycles. The number of fused-ring (bicyclic) bond motifs is 1. The van der Waals surface area contributed by atoms with Crippen LogP contribution in [0.2, 0.25) is 5.02 Å². The van der Waals surface area contributed by atoms with Gasteiger partial charge in [-0.05, 0) is 36.4 Å². The molecule has 0 atom stereocenters. The van der Waals surface area contributed by atoms with Gasteiger partial charge in [0.25, 0.3) is 5.91 Å². The summed E-state index contributed by atoms with van der Waals surface area (Å²) in [7, 11) is -3.88. The van der Waals surface area contributed by atoms with Crippen molar-refractivity contribution in [3.05, 3.63) is 53.1 Å². The van der Waals surface area contributed by atoms with E-state index in [4.69, 9.17) is 11.6 Å². The van der Waals surface area contributed by atoms with Crippen molar-refractivity contribution in [3.8, 4) is 0 Å². The Morgan fingerprint density at radius 2 is 2.07 bits per heavy atom. The number of anilines is 1. The number of nitrogens with zero attached hydrogens (tertiary/aromatic N) is 2. The van der Waals surface area contributed by atoms with Crippen molar-refractivity contribution >= 4 is 60.1 Å². The molecule has 11 heteroatoms. The zero-order valence-electron chi connectivity index (χ0n) is 14.9. The van der Waals surface area contributed by atoms with Crippen LogP contribution in [0, 0.1) is 0 Å². The molecule has 29 heavy (non-hydrogen) atoms. The number of aromatic nitrogens is 1. The number of sulfonamides is 1. The molecule has 2 N–H and O–H groups in total. The van der Waals surface area contributed by atoms with Gasteiger partial charge in [0.05, 0.1) is 21.7 Å². The molecule has 1 fully saturated rings. The monoisotopic (exact) mass is 450 g/mol. The first-order chi connectivity index (χ1) is 13.8. The lowest BCUT2D eigenvalue weighted by Crippen LogP contribution is -2.49. The molecule has 1 saturated heterocycles. The Bertz CT molecular complexity index is 1230. The second-order valence-corrected chi connectivity index (χ2v) is 9.71. The van der Waals surface area contributed by atoms with Crippen molar-refractivity contribution < 1.29 is 18.0 Å². The van der Waals surface area contributed by atoms with Crippen LogP contribution in [0.5, 0.6) is 0 Å². The summed E-state index contributed by atoms with van der Waals surface area (Å²) in [4.78, 5) is 28.4. The average molecular weight is 451 g/mol. The van der Waals surface area contributed by atoms with Gasteiger partial charge in [0.2, 0.25) is 15.9 Å². The van der Waals surface area contributed by atoms with Crippen molar-refractivity contribution in [1.82, 2.24) is 14.6 Å². The van der Waals surface area contributed by atoms with Crippen LogP contribution in [-0.2, 0) is 14.8 Å². The van der Waals surface area contributed by atoms with E-state index in [0.717, 1.165) is 9.01 Å². The molecule has 150 valence electrons. The first-order valence-corrected chi connectivity index (χ1v) is 11.2. The van der Waals surface area contributed by atoms with E-state index in [0.29, 0.717) is 15.7 Å². The number of hydrogen-bond donors (Lipinski definition) is 2. The molecule has 0 saturated carbocycles. The zero-order chi connectivity index (χ0) is 20.6. The van der Waals surface area contributed by atoms with Gasteiger partial charge in [-0.1, -0.05) is 29.0 Å². The molecular formula is C18H15ClN4O4S2. The van der Waals surface area contributed by atoms with E-state index in [1.165, 1.54) is 35.6 Å². The minimum absolute atomic E-state index is 0.0454. The maximum absolute atomic E-state index is 12.8. The fourth-order valence-corrected chi connectivity index (χ4v) is 5.47. The van der Waals surface area contributed by atoms with Gasteiger partial charge in [-0.15, -0.1) is 0 Å². The standard InChI is InChI=1S/C18H15ClN4O4S2/c19-12-4-5-14-15(9-12)28-18(21-14)22-17(25)11-2-1-3-13(8-11)29(26,27)23-7-6-20-16(24)10-23/h1-5,8-9H,6-7,10H2,(H,20,24)(H,21,22,25). The fourth-order valence-electron chi connectivity index (χ4n) is 2.89. The van der Waals surface area contributed by atoms with Gasteiger partial charge in [-0.3, -0.25) is 14.9 Å². The Hall–Kier alpha value is -2.53. The van der Waals surface area contributed by atoms with E-state index < -0.39 is 15.9 Å². The van der Waals surface area contributed by atoms with Gasteiger partial charge >= 0.3 is 0 Å². The SMILES string of the molecule is O=C1CN(S(=O)(=O)c2cccc(C(=O)Nc3nc4ccc(Cl)cc4s3)c2)CCN1. The Morgan fingerprint density at radius 3 is 2.86 bits per heavy atom. The second-order valence-electron chi connectivity index (χ2n) is 6.30. The van der Waals surface area contributed by atoms with Crippen LogP contribution >= 0.6 is 22.9 Å². The van der Waals surface area contributed by atoms with Gasteiger partial charge in [-0.2, -0.15) is 4.31 Å². The molecule has 0 unspecified atom stereocenters. The summed E-state index contributed by atoms with van der Waals surface area (Å²) in [6, 6.07) is 10.9. The summed E-state index contributed by atoms with van der Waals surface area (Å²) in [5.41, 5.74) is 0.874. The number of carbonyl (C=O) groups excluding carboxylic acids is 2. The van der Waals surface area contributed by atoms with E-state index in [9.17, 15) is 18.0 Å². The highest BCUT2D eigenvalue weighted by Crippen LogP contribution is 2.28. The van der Waals surface area contributed by atoms with E-state index in [1.807, 2.05) is 0 Å². The fraction of sp³-hybridized carbons (Fsp3) is 0.167. The summed E-state index contributed by atoms with van der Waals surface area (Å²) in [6.45, 7) is 0.186. The van der Waals surface area contributed by atoms with Crippen LogP contribution < -0.4 is 10.6 Å². The van der Waals surface area contributed by atoms with Crippen LogP contribution in [0.3, 0.4) is 0 Å². The van der Waals surface area contributed by atoms with Crippen molar-refractivity contribution in [3.63, 3.8) is 0 Å². The number of benzene rings is 2. The van der Waals surface area contributed by atoms with E-state index in [1.54, 1.807) is 18.2 Å². The Morgan fingerprint density at radius 1 is 1.24 bits per heavy atom. The maximum atomic E-state index is 12.8. The second kappa shape index (κ2) is 7.71. The molecule has 3 aromatic rings. The van der Waals surface area contributed by atoms with Gasteiger partial charge < -0.3 is 5.32 Å². The lowest BCUT2D eigenvalue weighted by Gasteiger charge is -2.26. The molecule has 0 radical (unpaired) electrons. The van der Waals surface area contributed by atoms with E-state index in [-0.39, 0.29) is 36.0 Å². The number of piperazine rings is 1. The number of amides is 2. The molecule has 1 aliphatic rings. The lowest BCUT2D eigenvalue weighted by atomic mass is 10.2. The Labute approximate surface area is 175 Å². The number of hydrogen-bond acceptors (Lipinski definition) is 6. The molecule has 1 aromatic heterocycles. The van der Waals surface area contributed by atoms with Crippen molar-refractivity contribution in [2.45, 2.75) is 4.90 Å². The lowest BCUT2D eigenvalue weighted by molar-refractivity contribution is -0.122. The highest BCUT2D eigenvalue weighted by atomic mass is 35.5. The summed E-state index contributed by atoms with van der Waals surface area (Å²) < 4.78 is 27.5. The van der Waals surface area contributed by atoms with Crippen molar-refractivity contribution in [2.75, 3.05) is 25.0 Å². The highest BCUT2D eigenvalue weighted by Gasteiger charge is 2.29. The molecule has 1 aliphatic heterocycles. The molecule has 2 amide bonds. The number of nitrogens with one attached hydrogen (secondary N) is 2. The molecule has 4 rings (SSSR count). The molecular weight excluding hydrogens is 436 g/mol. The molecule has 8 nitrogen and oxygen atoms in total. The Kier molecular flexibility index (Phi) is 5.26. The van der Waals surface area contributed by atoms with Crippen molar-refractivity contribution in [2.24, 2.45) is 0 Å². The number of carbonyl (C=O) groups is 2. The average Bonchev–Trinajstić information content (AvgIpc) is 3.09. The molecule has 2 aromatic carbocycles.